The van der Waals surface area contributed by atoms with Crippen LogP contribution < -0.4 is 4.74 Å². The Hall–Kier alpha value is -5.23. The lowest BCUT2D eigenvalue weighted by atomic mass is 9.73. The van der Waals surface area contributed by atoms with Gasteiger partial charge in [-0.2, -0.15) is 0 Å². The molecule has 7 rings (SSSR count). The molecule has 1 atom stereocenters. The Morgan fingerprint density at radius 1 is 0.650 bits per heavy atom. The van der Waals surface area contributed by atoms with Crippen LogP contribution in [0.3, 0.4) is 0 Å². The van der Waals surface area contributed by atoms with E-state index in [0.29, 0.717) is 46.2 Å². The highest BCUT2D eigenvalue weighted by Gasteiger charge is 2.56. The first-order valence-corrected chi connectivity index (χ1v) is 13.0. The van der Waals surface area contributed by atoms with Crippen molar-refractivity contribution in [3.63, 3.8) is 0 Å². The maximum Gasteiger partial charge on any atom is 0.340 e. The maximum absolute atomic E-state index is 13.4. The van der Waals surface area contributed by atoms with Crippen molar-refractivity contribution in [3.8, 4) is 28.7 Å². The summed E-state index contributed by atoms with van der Waals surface area (Å²) in [6.07, 6.45) is 0.696. The van der Waals surface area contributed by atoms with E-state index in [-0.39, 0.29) is 23.0 Å². The normalized spacial score (nSPS) is 16.6. The molecule has 3 N–H and O–H groups in total. The van der Waals surface area contributed by atoms with Crippen LogP contribution >= 0.6 is 0 Å². The van der Waals surface area contributed by atoms with Crippen molar-refractivity contribution in [2.24, 2.45) is 0 Å². The smallest absolute Gasteiger partial charge is 0.340 e. The van der Waals surface area contributed by atoms with Crippen molar-refractivity contribution in [3.05, 3.63) is 148 Å². The third kappa shape index (κ3) is 3.46. The van der Waals surface area contributed by atoms with E-state index < -0.39 is 17.3 Å². The average molecular weight is 529 g/mol. The van der Waals surface area contributed by atoms with Crippen LogP contribution in [0.15, 0.2) is 103 Å². The number of phenolic OH excluding ortho intramolecular Hbond substituents is 3. The minimum absolute atomic E-state index is 0.0113. The molecule has 1 spiro atoms. The van der Waals surface area contributed by atoms with E-state index in [1.165, 1.54) is 12.1 Å². The van der Waals surface area contributed by atoms with Crippen LogP contribution in [0.5, 0.6) is 28.7 Å². The molecule has 0 radical (unpaired) electrons. The molecule has 0 saturated carbocycles. The van der Waals surface area contributed by atoms with E-state index in [1.807, 2.05) is 72.8 Å². The molecular formula is C34H24O6. The average Bonchev–Trinajstić information content (AvgIpc) is 3.27. The molecule has 2 aliphatic heterocycles. The molecule has 0 aromatic heterocycles. The molecule has 2 heterocycles. The van der Waals surface area contributed by atoms with Crippen LogP contribution in [-0.4, -0.2) is 21.3 Å². The summed E-state index contributed by atoms with van der Waals surface area (Å²) in [6.45, 7) is 0. The minimum atomic E-state index is -1.48. The van der Waals surface area contributed by atoms with Gasteiger partial charge in [-0.1, -0.05) is 78.9 Å². The summed E-state index contributed by atoms with van der Waals surface area (Å²) in [6, 6.07) is 31.2. The lowest BCUT2D eigenvalue weighted by molar-refractivity contribution is 0.0219. The van der Waals surface area contributed by atoms with Crippen molar-refractivity contribution in [1.82, 2.24) is 0 Å². The van der Waals surface area contributed by atoms with Crippen molar-refractivity contribution < 1.29 is 29.6 Å². The van der Waals surface area contributed by atoms with Crippen LogP contribution in [-0.2, 0) is 23.2 Å². The molecule has 0 amide bonds. The second-order valence-electron chi connectivity index (χ2n) is 10.1. The number of rotatable bonds is 4. The Labute approximate surface area is 230 Å². The van der Waals surface area contributed by atoms with Gasteiger partial charge in [0.15, 0.2) is 17.1 Å². The van der Waals surface area contributed by atoms with Gasteiger partial charge in [0, 0.05) is 29.2 Å². The fourth-order valence-corrected chi connectivity index (χ4v) is 5.99. The number of ether oxygens (including phenoxy) is 2. The molecule has 2 aliphatic rings. The Kier molecular flexibility index (Phi) is 5.32. The fraction of sp³-hybridized carbons (Fsp3) is 0.0882. The Morgan fingerprint density at radius 2 is 1.27 bits per heavy atom. The van der Waals surface area contributed by atoms with Crippen LogP contribution in [0, 0.1) is 0 Å². The van der Waals surface area contributed by atoms with Crippen LogP contribution in [0.4, 0.5) is 0 Å². The van der Waals surface area contributed by atoms with Gasteiger partial charge in [-0.15, -0.1) is 0 Å². The summed E-state index contributed by atoms with van der Waals surface area (Å²) in [5, 5.41) is 33.2. The van der Waals surface area contributed by atoms with Gasteiger partial charge in [0.2, 0.25) is 5.75 Å². The summed E-state index contributed by atoms with van der Waals surface area (Å²) < 4.78 is 12.6. The number of esters is 1. The zero-order valence-electron chi connectivity index (χ0n) is 21.3. The predicted molar refractivity (Wildman–Crippen MR) is 148 cm³/mol. The molecular weight excluding hydrogens is 504 g/mol. The van der Waals surface area contributed by atoms with E-state index in [4.69, 9.17) is 9.47 Å². The molecule has 1 unspecified atom stereocenters. The number of phenols is 3. The number of aromatic hydroxyl groups is 3. The first kappa shape index (κ1) is 23.9. The number of hydrogen-bond donors (Lipinski definition) is 3. The van der Waals surface area contributed by atoms with Gasteiger partial charge in [-0.05, 0) is 41.3 Å². The lowest BCUT2D eigenvalue weighted by Crippen LogP contribution is -2.35. The first-order valence-electron chi connectivity index (χ1n) is 13.0. The van der Waals surface area contributed by atoms with Crippen LogP contribution in [0.25, 0.3) is 0 Å². The summed E-state index contributed by atoms with van der Waals surface area (Å²) in [5.41, 5.74) is 3.58. The minimum Gasteiger partial charge on any atom is -0.508 e. The van der Waals surface area contributed by atoms with Crippen molar-refractivity contribution in [2.75, 3.05) is 0 Å². The number of carbonyl (C=O) groups excluding carboxylic acids is 1. The summed E-state index contributed by atoms with van der Waals surface area (Å²) in [7, 11) is 0. The Morgan fingerprint density at radius 3 is 1.98 bits per heavy atom. The molecule has 0 fully saturated rings. The van der Waals surface area contributed by atoms with Crippen LogP contribution in [0.1, 0.15) is 49.3 Å². The van der Waals surface area contributed by atoms with Crippen molar-refractivity contribution in [1.29, 1.82) is 0 Å². The first-order chi connectivity index (χ1) is 19.5. The van der Waals surface area contributed by atoms with Gasteiger partial charge >= 0.3 is 5.97 Å². The van der Waals surface area contributed by atoms with Gasteiger partial charge in [0.25, 0.3) is 0 Å². The molecule has 5 aromatic carbocycles. The predicted octanol–water partition coefficient (Wildman–Crippen LogP) is 6.55. The van der Waals surface area contributed by atoms with Crippen molar-refractivity contribution >= 4 is 5.97 Å². The second kappa shape index (κ2) is 8.92. The molecule has 0 bridgehead atoms. The monoisotopic (exact) mass is 528 g/mol. The van der Waals surface area contributed by atoms with Gasteiger partial charge in [0.1, 0.15) is 11.5 Å². The summed E-state index contributed by atoms with van der Waals surface area (Å²) >= 11 is 0. The zero-order chi connectivity index (χ0) is 27.4. The Balaban J connectivity index is 1.60. The van der Waals surface area contributed by atoms with Crippen LogP contribution in [0.2, 0.25) is 0 Å². The van der Waals surface area contributed by atoms with Gasteiger partial charge < -0.3 is 24.8 Å². The topological polar surface area (TPSA) is 96.2 Å². The quantitative estimate of drug-likeness (QED) is 0.181. The second-order valence-corrected chi connectivity index (χ2v) is 10.1. The number of benzene rings is 5. The zero-order valence-corrected chi connectivity index (χ0v) is 21.3. The highest BCUT2D eigenvalue weighted by Crippen LogP contribution is 2.62. The standard InChI is InChI=1S/C34H24O6/c35-22-15-16-27-28(19-22)39-32-29(34(27)26-14-8-7-13-23(26)33(38)40-34)24(17-20-9-3-1-4-10-20)25(30(36)31(32)37)18-21-11-5-2-6-12-21/h1-16,19,35-37H,17-18H2. The molecule has 0 saturated heterocycles. The van der Waals surface area contributed by atoms with Gasteiger partial charge in [-0.3, -0.25) is 0 Å². The fourth-order valence-electron chi connectivity index (χ4n) is 5.99. The molecule has 6 nitrogen and oxygen atoms in total. The third-order valence-corrected chi connectivity index (χ3v) is 7.75. The molecule has 5 aromatic rings. The number of hydrogen-bond acceptors (Lipinski definition) is 6. The van der Waals surface area contributed by atoms with Gasteiger partial charge in [0.05, 0.1) is 11.1 Å². The molecule has 0 aliphatic carbocycles. The lowest BCUT2D eigenvalue weighted by Gasteiger charge is -2.39. The van der Waals surface area contributed by atoms with E-state index in [9.17, 15) is 20.1 Å². The SMILES string of the molecule is O=C1OC2(c3ccc(O)cc3Oc3c(O)c(O)c(Cc4ccccc4)c(Cc4ccccc4)c32)c2ccccc21. The van der Waals surface area contributed by atoms with E-state index in [2.05, 4.69) is 0 Å². The van der Waals surface area contributed by atoms with E-state index in [0.717, 1.165) is 11.1 Å². The number of fused-ring (bicyclic) bond motifs is 6. The molecule has 40 heavy (non-hydrogen) atoms. The Bertz CT molecular complexity index is 1800. The third-order valence-electron chi connectivity index (χ3n) is 7.75. The number of carbonyl (C=O) groups is 1. The van der Waals surface area contributed by atoms with Gasteiger partial charge in [-0.25, -0.2) is 4.79 Å². The van der Waals surface area contributed by atoms with Crippen molar-refractivity contribution in [2.45, 2.75) is 18.4 Å². The largest absolute Gasteiger partial charge is 0.508 e. The highest BCUT2D eigenvalue weighted by atomic mass is 16.6. The molecule has 196 valence electrons. The van der Waals surface area contributed by atoms with E-state index in [1.54, 1.807) is 18.2 Å². The maximum atomic E-state index is 13.4. The summed E-state index contributed by atoms with van der Waals surface area (Å²) in [5.74, 6) is -1.11. The van der Waals surface area contributed by atoms with E-state index >= 15 is 0 Å². The highest BCUT2D eigenvalue weighted by molar-refractivity contribution is 5.97. The summed E-state index contributed by atoms with van der Waals surface area (Å²) in [4.78, 5) is 13.4. The molecule has 6 heteroatoms.